The van der Waals surface area contributed by atoms with Gasteiger partial charge < -0.3 is 17.0 Å². The maximum absolute atomic E-state index is 5.50. The molecule has 0 aliphatic heterocycles. The van der Waals surface area contributed by atoms with Gasteiger partial charge in [-0.3, -0.25) is 5.73 Å². The molecule has 15 heavy (non-hydrogen) atoms. The van der Waals surface area contributed by atoms with Gasteiger partial charge in [-0.05, 0) is 25.0 Å². The molecule has 0 bridgehead atoms. The zero-order valence-electron chi connectivity index (χ0n) is 8.98. The number of nitrogens with zero attached hydrogens (tertiary/aromatic N) is 2. The number of thiol groups is 1. The van der Waals surface area contributed by atoms with Gasteiger partial charge in [0, 0.05) is 0 Å². The number of hydrogen-bond acceptors (Lipinski definition) is 2. The average Bonchev–Trinajstić information content (AvgIpc) is 2.65. The summed E-state index contributed by atoms with van der Waals surface area (Å²) >= 11 is 4.19. The van der Waals surface area contributed by atoms with Gasteiger partial charge in [0.2, 0.25) is 6.33 Å². The second-order valence-electron chi connectivity index (χ2n) is 3.49. The first-order chi connectivity index (χ1) is 6.86. The first-order valence-electron chi connectivity index (χ1n) is 5.22. The summed E-state index contributed by atoms with van der Waals surface area (Å²) in [5.41, 5.74) is 5.50. The lowest BCUT2D eigenvalue weighted by atomic mass is 10.2. The van der Waals surface area contributed by atoms with Crippen molar-refractivity contribution in [1.29, 1.82) is 0 Å². The van der Waals surface area contributed by atoms with Crippen LogP contribution in [0.5, 0.6) is 0 Å². The van der Waals surface area contributed by atoms with Gasteiger partial charge in [0.1, 0.15) is 19.1 Å². The molecule has 0 aliphatic rings. The van der Waals surface area contributed by atoms with Gasteiger partial charge in [-0.25, -0.2) is 9.13 Å². The molecule has 0 radical (unpaired) electrons. The summed E-state index contributed by atoms with van der Waals surface area (Å²) in [5.74, 6) is 1.01. The van der Waals surface area contributed by atoms with Crippen LogP contribution >= 0.6 is 12.6 Å². The van der Waals surface area contributed by atoms with E-state index in [0.717, 1.165) is 12.3 Å². The maximum Gasteiger partial charge on any atom is 0.244 e. The lowest BCUT2D eigenvalue weighted by molar-refractivity contribution is -0.695. The molecule has 2 N–H and O–H groups in total. The fourth-order valence-corrected chi connectivity index (χ4v) is 1.66. The third-order valence-electron chi connectivity index (χ3n) is 2.28. The van der Waals surface area contributed by atoms with Crippen molar-refractivity contribution in [3.8, 4) is 0 Å². The number of rotatable bonds is 7. The first kappa shape index (κ1) is 15.0. The summed E-state index contributed by atoms with van der Waals surface area (Å²) in [4.78, 5) is 0. The second kappa shape index (κ2) is 9.24. The summed E-state index contributed by atoms with van der Waals surface area (Å²) in [6, 6.07) is 0. The maximum atomic E-state index is 5.50. The van der Waals surface area contributed by atoms with E-state index in [4.69, 9.17) is 5.73 Å². The monoisotopic (exact) mass is 293 g/mol. The molecule has 88 valence electrons. The first-order valence-corrected chi connectivity index (χ1v) is 5.86. The van der Waals surface area contributed by atoms with Crippen molar-refractivity contribution in [2.75, 3.05) is 5.75 Å². The number of imidazole rings is 1. The smallest absolute Gasteiger partial charge is 0.244 e. The Balaban J connectivity index is 0.00000196. The summed E-state index contributed by atoms with van der Waals surface area (Å²) in [6.45, 7) is 1.66. The number of aromatic nitrogens is 2. The van der Waals surface area contributed by atoms with Crippen LogP contribution in [0, 0.1) is 0 Å². The Labute approximate surface area is 108 Å². The fourth-order valence-electron chi connectivity index (χ4n) is 1.44. The molecule has 0 fully saturated rings. The quantitative estimate of drug-likeness (QED) is 0.347. The normalized spacial score (nSPS) is 10.0. The molecule has 1 rings (SSSR count). The number of unbranched alkanes of at least 4 members (excludes halogenated alkanes) is 3. The topological polar surface area (TPSA) is 34.8 Å². The van der Waals surface area contributed by atoms with Crippen LogP contribution in [-0.4, -0.2) is 10.3 Å². The molecule has 0 aliphatic carbocycles. The van der Waals surface area contributed by atoms with Crippen molar-refractivity contribution in [3.05, 3.63) is 18.7 Å². The third kappa shape index (κ3) is 6.22. The number of halogens is 1. The van der Waals surface area contributed by atoms with Crippen molar-refractivity contribution in [1.82, 2.24) is 4.57 Å². The average molecular weight is 294 g/mol. The minimum atomic E-state index is 0. The highest BCUT2D eigenvalue weighted by Crippen LogP contribution is 2.02. The van der Waals surface area contributed by atoms with E-state index in [0.29, 0.717) is 6.67 Å². The van der Waals surface area contributed by atoms with E-state index in [1.807, 2.05) is 10.8 Å². The fraction of sp³-hybridized carbons (Fsp3) is 0.700. The minimum absolute atomic E-state index is 0. The van der Waals surface area contributed by atoms with E-state index in [1.54, 1.807) is 0 Å². The zero-order chi connectivity index (χ0) is 10.2. The summed E-state index contributed by atoms with van der Waals surface area (Å²) in [5, 5.41) is 0. The largest absolute Gasteiger partial charge is 1.00 e. The molecule has 5 heteroatoms. The van der Waals surface area contributed by atoms with Crippen LogP contribution in [0.3, 0.4) is 0 Å². The molecule has 1 aromatic rings. The molecule has 0 atom stereocenters. The number of hydrogen-bond donors (Lipinski definition) is 2. The van der Waals surface area contributed by atoms with Gasteiger partial charge in [0.05, 0.1) is 6.54 Å². The highest BCUT2D eigenvalue weighted by Gasteiger charge is 2.00. The van der Waals surface area contributed by atoms with Gasteiger partial charge in [-0.15, -0.1) is 0 Å². The zero-order valence-corrected chi connectivity index (χ0v) is 11.5. The van der Waals surface area contributed by atoms with E-state index in [-0.39, 0.29) is 17.0 Å². The summed E-state index contributed by atoms with van der Waals surface area (Å²) in [7, 11) is 0. The van der Waals surface area contributed by atoms with Crippen LogP contribution < -0.4 is 27.3 Å². The van der Waals surface area contributed by atoms with E-state index in [2.05, 4.69) is 29.7 Å². The van der Waals surface area contributed by atoms with Crippen molar-refractivity contribution in [3.63, 3.8) is 0 Å². The Morgan fingerprint density at radius 2 is 1.93 bits per heavy atom. The predicted molar refractivity (Wildman–Crippen MR) is 61.1 cm³/mol. The van der Waals surface area contributed by atoms with Crippen LogP contribution in [0.4, 0.5) is 0 Å². The molecule has 0 unspecified atom stereocenters. The van der Waals surface area contributed by atoms with Gasteiger partial charge in [0.15, 0.2) is 0 Å². The van der Waals surface area contributed by atoms with Crippen molar-refractivity contribution in [2.24, 2.45) is 5.73 Å². The summed E-state index contributed by atoms with van der Waals surface area (Å²) in [6.07, 6.45) is 11.2. The SMILES string of the molecule is NC[n+]1ccn(CCCCCCS)c1.[Br-]. The van der Waals surface area contributed by atoms with Crippen molar-refractivity contribution < 1.29 is 21.5 Å². The van der Waals surface area contributed by atoms with Crippen LogP contribution in [0.2, 0.25) is 0 Å². The third-order valence-corrected chi connectivity index (χ3v) is 2.60. The van der Waals surface area contributed by atoms with Gasteiger partial charge >= 0.3 is 0 Å². The van der Waals surface area contributed by atoms with E-state index in [1.165, 1.54) is 25.7 Å². The molecule has 0 aromatic carbocycles. The molecular weight excluding hydrogens is 274 g/mol. The second-order valence-corrected chi connectivity index (χ2v) is 3.93. The highest BCUT2D eigenvalue weighted by atomic mass is 79.9. The molecule has 3 nitrogen and oxygen atoms in total. The van der Waals surface area contributed by atoms with Gasteiger partial charge in [-0.2, -0.15) is 12.6 Å². The Bertz CT molecular complexity index is 253. The molecule has 0 saturated carbocycles. The van der Waals surface area contributed by atoms with Crippen LogP contribution in [0.1, 0.15) is 25.7 Å². The lowest BCUT2D eigenvalue weighted by Gasteiger charge is -1.97. The minimum Gasteiger partial charge on any atom is -1.00 e. The van der Waals surface area contributed by atoms with Crippen LogP contribution in [0.15, 0.2) is 18.7 Å². The Hall–Kier alpha value is 0. The standard InChI is InChI=1S/C10H19N3S.BrH/c11-9-13-7-6-12(10-13)5-3-1-2-4-8-14;/h6-7,10H,1-5,8-9,11H2;1H. The lowest BCUT2D eigenvalue weighted by Crippen LogP contribution is -3.00. The highest BCUT2D eigenvalue weighted by molar-refractivity contribution is 7.80. The molecule has 1 aromatic heterocycles. The van der Waals surface area contributed by atoms with Crippen LogP contribution in [-0.2, 0) is 13.2 Å². The van der Waals surface area contributed by atoms with E-state index in [9.17, 15) is 0 Å². The van der Waals surface area contributed by atoms with Gasteiger partial charge in [0.25, 0.3) is 0 Å². The van der Waals surface area contributed by atoms with Crippen molar-refractivity contribution in [2.45, 2.75) is 38.9 Å². The summed E-state index contributed by atoms with van der Waals surface area (Å²) < 4.78 is 4.17. The van der Waals surface area contributed by atoms with E-state index >= 15 is 0 Å². The number of aryl methyl sites for hydroxylation is 1. The Kier molecular flexibility index (Phi) is 9.24. The van der Waals surface area contributed by atoms with Crippen molar-refractivity contribution >= 4 is 12.6 Å². The number of nitrogens with two attached hydrogens (primary N) is 1. The predicted octanol–water partition coefficient (Wildman–Crippen LogP) is -1.81. The molecular formula is C10H20BrN3S. The molecule has 0 amide bonds. The van der Waals surface area contributed by atoms with Gasteiger partial charge in [-0.1, -0.05) is 6.42 Å². The van der Waals surface area contributed by atoms with E-state index < -0.39 is 0 Å². The Morgan fingerprint density at radius 3 is 2.53 bits per heavy atom. The molecule has 0 saturated heterocycles. The molecule has 0 spiro atoms. The molecule has 1 heterocycles. The Morgan fingerprint density at radius 1 is 1.20 bits per heavy atom. The van der Waals surface area contributed by atoms with Crippen LogP contribution in [0.25, 0.3) is 0 Å².